The van der Waals surface area contributed by atoms with Gasteiger partial charge >= 0.3 is 0 Å². The number of likely N-dealkylation sites (tertiary alicyclic amines) is 1. The van der Waals surface area contributed by atoms with Gasteiger partial charge in [-0.2, -0.15) is 11.8 Å². The van der Waals surface area contributed by atoms with Gasteiger partial charge in [0.1, 0.15) is 0 Å². The molecule has 3 rings (SSSR count). The van der Waals surface area contributed by atoms with Crippen LogP contribution in [0.25, 0.3) is 0 Å². The van der Waals surface area contributed by atoms with Crippen molar-refractivity contribution >= 4 is 46.5 Å². The molecule has 0 aromatic carbocycles. The molecule has 6 heteroatoms. The van der Waals surface area contributed by atoms with E-state index < -0.39 is 5.41 Å². The van der Waals surface area contributed by atoms with E-state index in [-0.39, 0.29) is 11.8 Å². The molecule has 18 heavy (non-hydrogen) atoms. The Labute approximate surface area is 118 Å². The molecule has 1 aromatic heterocycles. The van der Waals surface area contributed by atoms with E-state index in [0.717, 1.165) is 22.8 Å². The van der Waals surface area contributed by atoms with Crippen LogP contribution in [0.2, 0.25) is 4.34 Å². The maximum Gasteiger partial charge on any atom is 0.237 e. The Morgan fingerprint density at radius 1 is 1.39 bits per heavy atom. The van der Waals surface area contributed by atoms with E-state index in [2.05, 4.69) is 0 Å². The number of hydrogen-bond donors (Lipinski definition) is 0. The molecule has 0 N–H and O–H groups in total. The molecule has 0 bridgehead atoms. The van der Waals surface area contributed by atoms with Crippen LogP contribution in [-0.4, -0.2) is 28.2 Å². The molecule has 96 valence electrons. The van der Waals surface area contributed by atoms with Gasteiger partial charge in [-0.25, -0.2) is 0 Å². The van der Waals surface area contributed by atoms with Crippen LogP contribution < -0.4 is 0 Å². The van der Waals surface area contributed by atoms with Crippen LogP contribution in [0, 0.1) is 5.41 Å². The van der Waals surface area contributed by atoms with E-state index in [1.165, 1.54) is 16.2 Å². The van der Waals surface area contributed by atoms with Gasteiger partial charge in [0.2, 0.25) is 11.8 Å². The zero-order chi connectivity index (χ0) is 12.8. The summed E-state index contributed by atoms with van der Waals surface area (Å²) in [6, 6.07) is 3.68. The van der Waals surface area contributed by atoms with Crippen molar-refractivity contribution in [3.05, 3.63) is 21.3 Å². The highest BCUT2D eigenvalue weighted by molar-refractivity contribution is 7.99. The van der Waals surface area contributed by atoms with Gasteiger partial charge in [0.05, 0.1) is 16.3 Å². The van der Waals surface area contributed by atoms with Crippen LogP contribution in [0.3, 0.4) is 0 Å². The summed E-state index contributed by atoms with van der Waals surface area (Å²) in [5, 5.41) is 0. The molecule has 2 saturated heterocycles. The average Bonchev–Trinajstić information content (AvgIpc) is 2.99. The number of amides is 2. The normalized spacial score (nSPS) is 27.7. The standard InChI is InChI=1S/C12H12ClNO2S2/c13-9-2-1-8(18-9)6-14-10(15)5-12(11(14)16)3-4-17-7-12/h1-2H,3-7H2/t12-/m0/s1. The average molecular weight is 302 g/mol. The van der Waals surface area contributed by atoms with E-state index in [9.17, 15) is 9.59 Å². The first kappa shape index (κ1) is 12.5. The van der Waals surface area contributed by atoms with Gasteiger partial charge in [-0.1, -0.05) is 11.6 Å². The third-order valence-corrected chi connectivity index (χ3v) is 6.00. The fourth-order valence-electron chi connectivity index (χ4n) is 2.53. The topological polar surface area (TPSA) is 37.4 Å². The van der Waals surface area contributed by atoms with Crippen LogP contribution in [0.5, 0.6) is 0 Å². The summed E-state index contributed by atoms with van der Waals surface area (Å²) in [6.45, 7) is 0.376. The number of thioether (sulfide) groups is 1. The first-order chi connectivity index (χ1) is 8.61. The summed E-state index contributed by atoms with van der Waals surface area (Å²) in [6.07, 6.45) is 1.22. The molecule has 2 amide bonds. The lowest BCUT2D eigenvalue weighted by molar-refractivity contribution is -0.141. The molecule has 1 atom stereocenters. The number of carbonyl (C=O) groups excluding carboxylic acids is 2. The first-order valence-corrected chi connectivity index (χ1v) is 8.12. The van der Waals surface area contributed by atoms with Crippen LogP contribution >= 0.6 is 34.7 Å². The Bertz CT molecular complexity index is 508. The summed E-state index contributed by atoms with van der Waals surface area (Å²) in [5.74, 6) is 1.76. The molecule has 3 nitrogen and oxygen atoms in total. The summed E-state index contributed by atoms with van der Waals surface area (Å²) < 4.78 is 0.690. The monoisotopic (exact) mass is 301 g/mol. The minimum Gasteiger partial charge on any atom is -0.277 e. The second-order valence-corrected chi connectivity index (χ2v) is 7.66. The lowest BCUT2D eigenvalue weighted by atomic mass is 9.86. The smallest absolute Gasteiger partial charge is 0.237 e. The highest BCUT2D eigenvalue weighted by Gasteiger charge is 2.52. The minimum atomic E-state index is -0.400. The zero-order valence-corrected chi connectivity index (χ0v) is 12.0. The minimum absolute atomic E-state index is 0.0158. The van der Waals surface area contributed by atoms with Crippen molar-refractivity contribution < 1.29 is 9.59 Å². The maximum atomic E-state index is 12.4. The Hall–Kier alpha value is -0.520. The van der Waals surface area contributed by atoms with Crippen molar-refractivity contribution in [2.75, 3.05) is 11.5 Å². The van der Waals surface area contributed by atoms with Crippen LogP contribution in [0.4, 0.5) is 0 Å². The molecule has 0 unspecified atom stereocenters. The SMILES string of the molecule is O=C1C[C@]2(CCSC2)C(=O)N1Cc1ccc(Cl)s1. The van der Waals surface area contributed by atoms with Gasteiger partial charge in [0.25, 0.3) is 0 Å². The zero-order valence-electron chi connectivity index (χ0n) is 9.65. The number of halogens is 1. The van der Waals surface area contributed by atoms with Gasteiger partial charge in [0.15, 0.2) is 0 Å². The third-order valence-electron chi connectivity index (χ3n) is 3.54. The van der Waals surface area contributed by atoms with Gasteiger partial charge < -0.3 is 0 Å². The summed E-state index contributed by atoms with van der Waals surface area (Å²) in [7, 11) is 0. The molecule has 2 aliphatic rings. The Morgan fingerprint density at radius 3 is 2.83 bits per heavy atom. The fourth-order valence-corrected chi connectivity index (χ4v) is 5.04. The molecular formula is C12H12ClNO2S2. The van der Waals surface area contributed by atoms with Crippen LogP contribution in [0.1, 0.15) is 17.7 Å². The van der Waals surface area contributed by atoms with Crippen molar-refractivity contribution in [3.8, 4) is 0 Å². The van der Waals surface area contributed by atoms with Crippen molar-refractivity contribution in [1.82, 2.24) is 4.90 Å². The molecule has 0 radical (unpaired) electrons. The van der Waals surface area contributed by atoms with Crippen LogP contribution in [-0.2, 0) is 16.1 Å². The lowest BCUT2D eigenvalue weighted by Crippen LogP contribution is -2.35. The Balaban J connectivity index is 1.80. The molecule has 1 aromatic rings. The second kappa shape index (κ2) is 4.54. The molecular weight excluding hydrogens is 290 g/mol. The Kier molecular flexibility index (Phi) is 3.16. The predicted octanol–water partition coefficient (Wildman–Crippen LogP) is 2.78. The third kappa shape index (κ3) is 1.98. The van der Waals surface area contributed by atoms with E-state index in [1.807, 2.05) is 6.07 Å². The number of thiophene rings is 1. The Morgan fingerprint density at radius 2 is 2.22 bits per heavy atom. The van der Waals surface area contributed by atoms with Gasteiger partial charge in [-0.05, 0) is 24.3 Å². The maximum absolute atomic E-state index is 12.4. The molecule has 0 saturated carbocycles. The fraction of sp³-hybridized carbons (Fsp3) is 0.500. The number of nitrogens with zero attached hydrogens (tertiary/aromatic N) is 1. The second-order valence-electron chi connectivity index (χ2n) is 4.75. The van der Waals surface area contributed by atoms with Crippen molar-refractivity contribution in [2.45, 2.75) is 19.4 Å². The van der Waals surface area contributed by atoms with E-state index in [0.29, 0.717) is 17.3 Å². The van der Waals surface area contributed by atoms with Gasteiger partial charge in [0, 0.05) is 17.1 Å². The number of carbonyl (C=O) groups is 2. The van der Waals surface area contributed by atoms with Crippen molar-refractivity contribution in [3.63, 3.8) is 0 Å². The number of rotatable bonds is 2. The summed E-state index contributed by atoms with van der Waals surface area (Å²) >= 11 is 9.06. The predicted molar refractivity (Wildman–Crippen MR) is 73.9 cm³/mol. The lowest BCUT2D eigenvalue weighted by Gasteiger charge is -2.19. The molecule has 1 spiro atoms. The van der Waals surface area contributed by atoms with Gasteiger partial charge in [-0.3, -0.25) is 14.5 Å². The largest absolute Gasteiger partial charge is 0.277 e. The highest BCUT2D eigenvalue weighted by atomic mass is 35.5. The van der Waals surface area contributed by atoms with Crippen molar-refractivity contribution in [2.24, 2.45) is 5.41 Å². The first-order valence-electron chi connectivity index (χ1n) is 5.77. The molecule has 0 aliphatic carbocycles. The van der Waals surface area contributed by atoms with E-state index in [4.69, 9.17) is 11.6 Å². The highest BCUT2D eigenvalue weighted by Crippen LogP contribution is 2.45. The van der Waals surface area contributed by atoms with Crippen LogP contribution in [0.15, 0.2) is 12.1 Å². The van der Waals surface area contributed by atoms with Gasteiger partial charge in [-0.15, -0.1) is 11.3 Å². The molecule has 2 fully saturated rings. The quantitative estimate of drug-likeness (QED) is 0.788. The van der Waals surface area contributed by atoms with Crippen molar-refractivity contribution in [1.29, 1.82) is 0 Å². The molecule has 2 aliphatic heterocycles. The van der Waals surface area contributed by atoms with E-state index in [1.54, 1.807) is 17.8 Å². The molecule has 3 heterocycles. The summed E-state index contributed by atoms with van der Waals surface area (Å²) in [4.78, 5) is 26.8. The van der Waals surface area contributed by atoms with E-state index >= 15 is 0 Å². The summed E-state index contributed by atoms with van der Waals surface area (Å²) in [5.41, 5.74) is -0.400. The number of hydrogen-bond acceptors (Lipinski definition) is 4. The number of imide groups is 1.